The van der Waals surface area contributed by atoms with Crippen molar-refractivity contribution >= 4 is 12.0 Å². The first-order valence-corrected chi connectivity index (χ1v) is 7.35. The van der Waals surface area contributed by atoms with E-state index in [-0.39, 0.29) is 23.9 Å². The van der Waals surface area contributed by atoms with Crippen molar-refractivity contribution in [3.8, 4) is 0 Å². The van der Waals surface area contributed by atoms with Gasteiger partial charge < -0.3 is 15.7 Å². The van der Waals surface area contributed by atoms with Gasteiger partial charge in [0, 0.05) is 12.6 Å². The molecule has 0 aliphatic heterocycles. The number of carboxylic acid groups (broad SMARTS) is 1. The molecule has 0 radical (unpaired) electrons. The van der Waals surface area contributed by atoms with Crippen molar-refractivity contribution in [2.75, 3.05) is 6.54 Å². The second kappa shape index (κ2) is 6.26. The van der Waals surface area contributed by atoms with Crippen LogP contribution in [0.2, 0.25) is 0 Å². The zero-order valence-corrected chi connectivity index (χ0v) is 11.5. The van der Waals surface area contributed by atoms with E-state index in [0.717, 1.165) is 25.7 Å². The molecule has 2 aliphatic carbocycles. The molecule has 0 bridgehead atoms. The summed E-state index contributed by atoms with van der Waals surface area (Å²) in [7, 11) is 0. The molecule has 0 aromatic carbocycles. The lowest BCUT2D eigenvalue weighted by Crippen LogP contribution is -2.45. The van der Waals surface area contributed by atoms with Crippen LogP contribution in [0, 0.1) is 17.8 Å². The number of carbonyl (C=O) groups is 2. The fourth-order valence-corrected chi connectivity index (χ4v) is 3.41. The summed E-state index contributed by atoms with van der Waals surface area (Å²) in [6.45, 7) is 2.64. The van der Waals surface area contributed by atoms with Crippen LogP contribution in [-0.2, 0) is 4.79 Å². The minimum Gasteiger partial charge on any atom is -0.481 e. The maximum absolute atomic E-state index is 11.8. The highest BCUT2D eigenvalue weighted by atomic mass is 16.4. The second-order valence-corrected chi connectivity index (χ2v) is 6.00. The molecule has 0 spiro atoms. The number of hydrogen-bond acceptors (Lipinski definition) is 2. The van der Waals surface area contributed by atoms with Crippen LogP contribution in [0.25, 0.3) is 0 Å². The molecule has 5 heteroatoms. The fourth-order valence-electron chi connectivity index (χ4n) is 3.41. The summed E-state index contributed by atoms with van der Waals surface area (Å²) in [5.41, 5.74) is 0. The highest BCUT2D eigenvalue weighted by molar-refractivity contribution is 5.74. The van der Waals surface area contributed by atoms with E-state index in [1.165, 1.54) is 12.8 Å². The zero-order chi connectivity index (χ0) is 13.8. The van der Waals surface area contributed by atoms with E-state index in [1.807, 2.05) is 0 Å². The molecule has 2 amide bonds. The maximum atomic E-state index is 11.8. The minimum atomic E-state index is -0.728. The van der Waals surface area contributed by atoms with Crippen LogP contribution in [0.1, 0.15) is 45.4 Å². The minimum absolute atomic E-state index is 0.0873. The van der Waals surface area contributed by atoms with Crippen molar-refractivity contribution in [1.29, 1.82) is 0 Å². The van der Waals surface area contributed by atoms with Gasteiger partial charge in [0.2, 0.25) is 0 Å². The lowest BCUT2D eigenvalue weighted by molar-refractivity contribution is -0.142. The van der Waals surface area contributed by atoms with Gasteiger partial charge in [0.1, 0.15) is 0 Å². The van der Waals surface area contributed by atoms with Crippen LogP contribution in [0.3, 0.4) is 0 Å². The molecular weight excluding hydrogens is 244 g/mol. The predicted octanol–water partition coefficient (Wildman–Crippen LogP) is 1.98. The molecule has 19 heavy (non-hydrogen) atoms. The van der Waals surface area contributed by atoms with Crippen LogP contribution >= 0.6 is 0 Å². The van der Waals surface area contributed by atoms with Crippen LogP contribution in [0.4, 0.5) is 4.79 Å². The van der Waals surface area contributed by atoms with E-state index in [4.69, 9.17) is 5.11 Å². The van der Waals surface area contributed by atoms with Crippen molar-refractivity contribution in [3.05, 3.63) is 0 Å². The van der Waals surface area contributed by atoms with Gasteiger partial charge in [0.25, 0.3) is 0 Å². The van der Waals surface area contributed by atoms with Crippen LogP contribution in [0.5, 0.6) is 0 Å². The van der Waals surface area contributed by atoms with Gasteiger partial charge in [0.15, 0.2) is 0 Å². The van der Waals surface area contributed by atoms with Crippen molar-refractivity contribution in [3.63, 3.8) is 0 Å². The van der Waals surface area contributed by atoms with Crippen molar-refractivity contribution < 1.29 is 14.7 Å². The third-order valence-corrected chi connectivity index (χ3v) is 4.68. The van der Waals surface area contributed by atoms with Gasteiger partial charge >= 0.3 is 12.0 Å². The molecule has 4 atom stereocenters. The smallest absolute Gasteiger partial charge is 0.315 e. The zero-order valence-electron chi connectivity index (χ0n) is 11.5. The predicted molar refractivity (Wildman–Crippen MR) is 71.8 cm³/mol. The summed E-state index contributed by atoms with van der Waals surface area (Å²) >= 11 is 0. The van der Waals surface area contributed by atoms with E-state index in [9.17, 15) is 9.59 Å². The Morgan fingerprint density at radius 3 is 2.53 bits per heavy atom. The average Bonchev–Trinajstić information content (AvgIpc) is 2.96. The number of aliphatic carboxylic acids is 1. The number of carbonyl (C=O) groups excluding carboxylic acids is 1. The normalized spacial score (nSPS) is 34.2. The molecule has 108 valence electrons. The van der Waals surface area contributed by atoms with Crippen molar-refractivity contribution in [1.82, 2.24) is 10.6 Å². The number of hydrogen-bond donors (Lipinski definition) is 3. The van der Waals surface area contributed by atoms with E-state index < -0.39 is 5.97 Å². The summed E-state index contributed by atoms with van der Waals surface area (Å²) in [6, 6.07) is 0.133. The number of nitrogens with one attached hydrogen (secondary N) is 2. The lowest BCUT2D eigenvalue weighted by Gasteiger charge is -2.20. The number of rotatable bonds is 4. The molecule has 0 aromatic heterocycles. The molecular formula is C14H24N2O3. The van der Waals surface area contributed by atoms with Gasteiger partial charge in [-0.3, -0.25) is 4.79 Å². The monoisotopic (exact) mass is 268 g/mol. The molecule has 2 saturated carbocycles. The van der Waals surface area contributed by atoms with Crippen molar-refractivity contribution in [2.24, 2.45) is 17.8 Å². The molecule has 2 fully saturated rings. The highest BCUT2D eigenvalue weighted by Gasteiger charge is 2.33. The van der Waals surface area contributed by atoms with Crippen LogP contribution < -0.4 is 10.6 Å². The van der Waals surface area contributed by atoms with Gasteiger partial charge in [-0.25, -0.2) is 4.79 Å². The van der Waals surface area contributed by atoms with Crippen LogP contribution in [0.15, 0.2) is 0 Å². The number of urea groups is 1. The Bertz CT molecular complexity index is 346. The molecule has 3 N–H and O–H groups in total. The molecule has 0 aromatic rings. The number of carboxylic acids is 1. The highest BCUT2D eigenvalue weighted by Crippen LogP contribution is 2.31. The first kappa shape index (κ1) is 14.2. The maximum Gasteiger partial charge on any atom is 0.315 e. The van der Waals surface area contributed by atoms with Gasteiger partial charge in [-0.05, 0) is 37.5 Å². The standard InChI is InChI=1S/C14H24N2O3/c1-9-4-2-7-12(9)16-14(19)15-8-10-5-3-6-11(10)13(17)18/h9-12H,2-8H2,1H3,(H,17,18)(H2,15,16,19). The second-order valence-electron chi connectivity index (χ2n) is 6.00. The fraction of sp³-hybridized carbons (Fsp3) is 0.857. The molecule has 4 unspecified atom stereocenters. The van der Waals surface area contributed by atoms with E-state index in [2.05, 4.69) is 17.6 Å². The summed E-state index contributed by atoms with van der Waals surface area (Å²) < 4.78 is 0. The summed E-state index contributed by atoms with van der Waals surface area (Å²) in [4.78, 5) is 22.9. The van der Waals surface area contributed by atoms with Gasteiger partial charge in [-0.15, -0.1) is 0 Å². The van der Waals surface area contributed by atoms with Gasteiger partial charge in [0.05, 0.1) is 5.92 Å². The third kappa shape index (κ3) is 3.61. The molecule has 2 rings (SSSR count). The Morgan fingerprint density at radius 2 is 1.89 bits per heavy atom. The first-order valence-electron chi connectivity index (χ1n) is 7.35. The Balaban J connectivity index is 1.72. The van der Waals surface area contributed by atoms with Gasteiger partial charge in [-0.2, -0.15) is 0 Å². The number of amides is 2. The Kier molecular flexibility index (Phi) is 4.66. The SMILES string of the molecule is CC1CCCC1NC(=O)NCC1CCCC1C(=O)O. The largest absolute Gasteiger partial charge is 0.481 e. The summed E-state index contributed by atoms with van der Waals surface area (Å²) in [6.07, 6.45) is 5.99. The van der Waals surface area contributed by atoms with Crippen molar-refractivity contribution in [2.45, 2.75) is 51.5 Å². The van der Waals surface area contributed by atoms with E-state index in [0.29, 0.717) is 12.5 Å². The summed E-state index contributed by atoms with van der Waals surface area (Å²) in [5.74, 6) is -0.381. The molecule has 2 aliphatic rings. The molecule has 0 saturated heterocycles. The first-order chi connectivity index (χ1) is 9.08. The molecule has 5 nitrogen and oxygen atoms in total. The Morgan fingerprint density at radius 1 is 1.16 bits per heavy atom. The third-order valence-electron chi connectivity index (χ3n) is 4.68. The molecule has 0 heterocycles. The average molecular weight is 268 g/mol. The Hall–Kier alpha value is -1.26. The lowest BCUT2D eigenvalue weighted by atomic mass is 9.96. The van der Waals surface area contributed by atoms with E-state index >= 15 is 0 Å². The van der Waals surface area contributed by atoms with Crippen LogP contribution in [-0.4, -0.2) is 29.7 Å². The quantitative estimate of drug-likeness (QED) is 0.729. The summed E-state index contributed by atoms with van der Waals surface area (Å²) in [5, 5.41) is 14.9. The topological polar surface area (TPSA) is 78.4 Å². The Labute approximate surface area is 114 Å². The van der Waals surface area contributed by atoms with E-state index in [1.54, 1.807) is 0 Å². The van der Waals surface area contributed by atoms with Gasteiger partial charge in [-0.1, -0.05) is 19.8 Å².